The average molecular weight is 271 g/mol. The fraction of sp³-hybridized carbons (Fsp3) is 0.294. The minimum atomic E-state index is 0.0946. The van der Waals surface area contributed by atoms with Gasteiger partial charge in [0.2, 0.25) is 0 Å². The van der Waals surface area contributed by atoms with Crippen LogP contribution in [0.2, 0.25) is 0 Å². The second-order valence-electron chi connectivity index (χ2n) is 4.83. The third kappa shape index (κ3) is 4.12. The van der Waals surface area contributed by atoms with Gasteiger partial charge < -0.3 is 5.73 Å². The molecule has 0 fully saturated rings. The van der Waals surface area contributed by atoms with Gasteiger partial charge in [-0.3, -0.25) is 0 Å². The molecule has 2 N–H and O–H groups in total. The van der Waals surface area contributed by atoms with E-state index >= 15 is 0 Å². The Labute approximate surface area is 120 Å². The van der Waals surface area contributed by atoms with Crippen LogP contribution in [0.4, 0.5) is 0 Å². The van der Waals surface area contributed by atoms with Gasteiger partial charge in [-0.25, -0.2) is 0 Å². The first-order valence-corrected chi connectivity index (χ1v) is 7.71. The number of rotatable bonds is 5. The van der Waals surface area contributed by atoms with E-state index < -0.39 is 0 Å². The van der Waals surface area contributed by atoms with E-state index in [0.29, 0.717) is 0 Å². The van der Waals surface area contributed by atoms with Crippen LogP contribution >= 0.6 is 11.8 Å². The summed E-state index contributed by atoms with van der Waals surface area (Å²) in [5.41, 5.74) is 10.1. The van der Waals surface area contributed by atoms with E-state index in [1.807, 2.05) is 11.8 Å². The Morgan fingerprint density at radius 1 is 1.00 bits per heavy atom. The van der Waals surface area contributed by atoms with E-state index in [4.69, 9.17) is 5.73 Å². The summed E-state index contributed by atoms with van der Waals surface area (Å²) < 4.78 is 0. The van der Waals surface area contributed by atoms with Gasteiger partial charge in [0.1, 0.15) is 0 Å². The van der Waals surface area contributed by atoms with Gasteiger partial charge in [0.25, 0.3) is 0 Å². The molecule has 0 saturated carbocycles. The number of hydrogen-bond acceptors (Lipinski definition) is 2. The summed E-state index contributed by atoms with van der Waals surface area (Å²) in [4.78, 5) is 1.28. The molecule has 19 heavy (non-hydrogen) atoms. The largest absolute Gasteiger partial charge is 0.323 e. The van der Waals surface area contributed by atoms with E-state index in [-0.39, 0.29) is 6.04 Å². The van der Waals surface area contributed by atoms with Crippen LogP contribution in [0.5, 0.6) is 0 Å². The van der Waals surface area contributed by atoms with E-state index in [0.717, 1.165) is 12.2 Å². The molecule has 1 unspecified atom stereocenters. The van der Waals surface area contributed by atoms with Crippen LogP contribution in [-0.4, -0.2) is 5.75 Å². The molecule has 2 rings (SSSR count). The Hall–Kier alpha value is -1.25. The maximum atomic E-state index is 6.24. The molecule has 0 radical (unpaired) electrons. The molecular formula is C17H21NS. The van der Waals surface area contributed by atoms with Crippen LogP contribution in [0.15, 0.2) is 53.4 Å². The zero-order chi connectivity index (χ0) is 13.7. The second-order valence-corrected chi connectivity index (χ2v) is 5.92. The summed E-state index contributed by atoms with van der Waals surface area (Å²) in [7, 11) is 0. The Balaban J connectivity index is 1.93. The Kier molecular flexibility index (Phi) is 5.06. The van der Waals surface area contributed by atoms with Crippen molar-refractivity contribution in [3.8, 4) is 0 Å². The molecule has 0 amide bonds. The van der Waals surface area contributed by atoms with Gasteiger partial charge in [-0.2, -0.15) is 0 Å². The van der Waals surface area contributed by atoms with Gasteiger partial charge in [0.05, 0.1) is 0 Å². The summed E-state index contributed by atoms with van der Waals surface area (Å²) >= 11 is 1.82. The SMILES string of the molecule is CCc1ccc(C(N)CSc2ccc(C)cc2)cc1. The lowest BCUT2D eigenvalue weighted by molar-refractivity contribution is 0.830. The summed E-state index contributed by atoms with van der Waals surface area (Å²) in [6, 6.07) is 17.3. The minimum absolute atomic E-state index is 0.0946. The third-order valence-corrected chi connectivity index (χ3v) is 4.40. The van der Waals surface area contributed by atoms with Crippen LogP contribution in [0.25, 0.3) is 0 Å². The Morgan fingerprint density at radius 3 is 2.21 bits per heavy atom. The van der Waals surface area contributed by atoms with Crippen LogP contribution in [-0.2, 0) is 6.42 Å². The fourth-order valence-corrected chi connectivity index (χ4v) is 2.81. The Bertz CT molecular complexity index is 502. The van der Waals surface area contributed by atoms with Crippen molar-refractivity contribution < 1.29 is 0 Å². The number of nitrogens with two attached hydrogens (primary N) is 1. The van der Waals surface area contributed by atoms with E-state index in [2.05, 4.69) is 62.4 Å². The summed E-state index contributed by atoms with van der Waals surface area (Å²) in [6.45, 7) is 4.28. The van der Waals surface area contributed by atoms with Gasteiger partial charge in [0, 0.05) is 16.7 Å². The topological polar surface area (TPSA) is 26.0 Å². The highest BCUT2D eigenvalue weighted by molar-refractivity contribution is 7.99. The summed E-state index contributed by atoms with van der Waals surface area (Å²) in [5.74, 6) is 0.911. The first kappa shape index (κ1) is 14.2. The van der Waals surface area contributed by atoms with Crippen LogP contribution < -0.4 is 5.73 Å². The highest BCUT2D eigenvalue weighted by Crippen LogP contribution is 2.24. The van der Waals surface area contributed by atoms with Gasteiger partial charge >= 0.3 is 0 Å². The van der Waals surface area contributed by atoms with Crippen LogP contribution in [0.1, 0.15) is 29.7 Å². The van der Waals surface area contributed by atoms with Gasteiger partial charge in [0.15, 0.2) is 0 Å². The quantitative estimate of drug-likeness (QED) is 0.818. The third-order valence-electron chi connectivity index (χ3n) is 3.27. The van der Waals surface area contributed by atoms with Crippen molar-refractivity contribution in [3.05, 3.63) is 65.2 Å². The van der Waals surface area contributed by atoms with E-state index in [9.17, 15) is 0 Å². The van der Waals surface area contributed by atoms with Gasteiger partial charge in [-0.1, -0.05) is 48.9 Å². The number of hydrogen-bond donors (Lipinski definition) is 1. The van der Waals surface area contributed by atoms with Crippen molar-refractivity contribution in [1.29, 1.82) is 0 Å². The lowest BCUT2D eigenvalue weighted by atomic mass is 10.1. The highest BCUT2D eigenvalue weighted by Gasteiger charge is 2.06. The van der Waals surface area contributed by atoms with Crippen molar-refractivity contribution in [2.45, 2.75) is 31.2 Å². The predicted octanol–water partition coefficient (Wildman–Crippen LogP) is 4.35. The molecule has 0 aromatic heterocycles. The molecule has 0 aliphatic carbocycles. The number of aryl methyl sites for hydroxylation is 2. The van der Waals surface area contributed by atoms with Gasteiger partial charge in [-0.15, -0.1) is 11.8 Å². The van der Waals surface area contributed by atoms with Crippen molar-refractivity contribution in [2.24, 2.45) is 5.73 Å². The normalized spacial score (nSPS) is 12.4. The van der Waals surface area contributed by atoms with Crippen LogP contribution in [0.3, 0.4) is 0 Å². The van der Waals surface area contributed by atoms with Crippen molar-refractivity contribution >= 4 is 11.8 Å². The molecule has 0 aliphatic heterocycles. The molecule has 0 aliphatic rings. The maximum Gasteiger partial charge on any atom is 0.0390 e. The monoisotopic (exact) mass is 271 g/mol. The summed E-state index contributed by atoms with van der Waals surface area (Å²) in [5, 5.41) is 0. The molecule has 0 heterocycles. The first-order valence-electron chi connectivity index (χ1n) is 6.73. The van der Waals surface area contributed by atoms with Crippen LogP contribution in [0, 0.1) is 6.92 Å². The molecule has 0 spiro atoms. The molecule has 1 nitrogen and oxygen atoms in total. The van der Waals surface area contributed by atoms with Gasteiger partial charge in [-0.05, 0) is 36.6 Å². The highest BCUT2D eigenvalue weighted by atomic mass is 32.2. The number of thioether (sulfide) groups is 1. The first-order chi connectivity index (χ1) is 9.19. The summed E-state index contributed by atoms with van der Waals surface area (Å²) in [6.07, 6.45) is 1.08. The molecule has 0 bridgehead atoms. The number of benzene rings is 2. The molecule has 1 atom stereocenters. The molecule has 2 heteroatoms. The predicted molar refractivity (Wildman–Crippen MR) is 84.7 cm³/mol. The van der Waals surface area contributed by atoms with Crippen molar-refractivity contribution in [2.75, 3.05) is 5.75 Å². The van der Waals surface area contributed by atoms with Crippen molar-refractivity contribution in [3.63, 3.8) is 0 Å². The minimum Gasteiger partial charge on any atom is -0.323 e. The standard InChI is InChI=1S/C17H21NS/c1-3-14-6-8-15(9-7-14)17(18)12-19-16-10-4-13(2)5-11-16/h4-11,17H,3,12,18H2,1-2H3. The lowest BCUT2D eigenvalue weighted by Crippen LogP contribution is -2.12. The molecule has 2 aromatic carbocycles. The second kappa shape index (κ2) is 6.78. The smallest absolute Gasteiger partial charge is 0.0390 e. The Morgan fingerprint density at radius 2 is 1.63 bits per heavy atom. The zero-order valence-corrected chi connectivity index (χ0v) is 12.4. The van der Waals surface area contributed by atoms with Crippen molar-refractivity contribution in [1.82, 2.24) is 0 Å². The molecule has 100 valence electrons. The maximum absolute atomic E-state index is 6.24. The molecule has 0 saturated heterocycles. The lowest BCUT2D eigenvalue weighted by Gasteiger charge is -2.12. The molecule has 2 aromatic rings. The van der Waals surface area contributed by atoms with E-state index in [1.54, 1.807) is 0 Å². The average Bonchev–Trinajstić information content (AvgIpc) is 2.46. The fourth-order valence-electron chi connectivity index (χ4n) is 1.92. The van der Waals surface area contributed by atoms with E-state index in [1.165, 1.54) is 21.6 Å². The molecular weight excluding hydrogens is 250 g/mol. The zero-order valence-electron chi connectivity index (χ0n) is 11.6.